The van der Waals surface area contributed by atoms with Crippen molar-refractivity contribution in [3.8, 4) is 11.5 Å². The quantitative estimate of drug-likeness (QED) is 0.819. The van der Waals surface area contributed by atoms with E-state index in [4.69, 9.17) is 11.6 Å². The highest BCUT2D eigenvalue weighted by atomic mass is 35.5. The van der Waals surface area contributed by atoms with Crippen LogP contribution in [0.2, 0.25) is 5.28 Å². The van der Waals surface area contributed by atoms with E-state index >= 15 is 0 Å². The Morgan fingerprint density at radius 2 is 1.90 bits per heavy atom. The summed E-state index contributed by atoms with van der Waals surface area (Å²) < 4.78 is 1.89. The summed E-state index contributed by atoms with van der Waals surface area (Å²) in [6.45, 7) is 8.69. The van der Waals surface area contributed by atoms with E-state index in [-0.39, 0.29) is 5.28 Å². The molecule has 0 radical (unpaired) electrons. The molecule has 2 aromatic heterocycles. The molecule has 20 heavy (non-hydrogen) atoms. The van der Waals surface area contributed by atoms with Gasteiger partial charge in [-0.3, -0.25) is 4.68 Å². The number of nitrogens with zero attached hydrogens (tertiary/aromatic N) is 6. The monoisotopic (exact) mass is 294 g/mol. The molecule has 0 aliphatic rings. The summed E-state index contributed by atoms with van der Waals surface area (Å²) in [6.07, 6.45) is 2.75. The Bertz CT molecular complexity index is 564. The number of aromatic nitrogens is 5. The Kier molecular flexibility index (Phi) is 4.89. The van der Waals surface area contributed by atoms with Crippen molar-refractivity contribution < 1.29 is 0 Å². The molecule has 0 fully saturated rings. The van der Waals surface area contributed by atoms with Gasteiger partial charge in [0.15, 0.2) is 5.82 Å². The van der Waals surface area contributed by atoms with Gasteiger partial charge in [-0.2, -0.15) is 20.1 Å². The number of hydrogen-bond acceptors (Lipinski definition) is 5. The van der Waals surface area contributed by atoms with Gasteiger partial charge < -0.3 is 4.90 Å². The van der Waals surface area contributed by atoms with Crippen LogP contribution in [0.5, 0.6) is 0 Å². The molecule has 0 saturated carbocycles. The van der Waals surface area contributed by atoms with Crippen LogP contribution in [0, 0.1) is 0 Å². The summed E-state index contributed by atoms with van der Waals surface area (Å²) >= 11 is 6.04. The minimum atomic E-state index is 0.209. The van der Waals surface area contributed by atoms with Gasteiger partial charge in [0.25, 0.3) is 0 Å². The number of rotatable bonds is 6. The molecule has 0 unspecified atom stereocenters. The van der Waals surface area contributed by atoms with E-state index in [1.807, 2.05) is 15.6 Å². The normalized spacial score (nSPS) is 10.8. The van der Waals surface area contributed by atoms with Gasteiger partial charge in [-0.25, -0.2) is 0 Å². The van der Waals surface area contributed by atoms with E-state index in [1.54, 1.807) is 6.20 Å². The lowest BCUT2D eigenvalue weighted by Gasteiger charge is -2.18. The maximum atomic E-state index is 6.04. The first-order valence-corrected chi connectivity index (χ1v) is 7.26. The van der Waals surface area contributed by atoms with E-state index in [9.17, 15) is 0 Å². The topological polar surface area (TPSA) is 59.7 Å². The highest BCUT2D eigenvalue weighted by molar-refractivity contribution is 6.28. The molecule has 0 bridgehead atoms. The van der Waals surface area contributed by atoms with Crippen LogP contribution >= 0.6 is 11.6 Å². The Morgan fingerprint density at radius 1 is 1.15 bits per heavy atom. The molecule has 0 saturated heterocycles. The molecule has 0 atom stereocenters. The van der Waals surface area contributed by atoms with Gasteiger partial charge in [0.2, 0.25) is 11.2 Å². The fourth-order valence-electron chi connectivity index (χ4n) is 2.01. The third-order valence-corrected chi connectivity index (χ3v) is 3.19. The summed E-state index contributed by atoms with van der Waals surface area (Å²) in [5.41, 5.74) is 0.865. The fourth-order valence-corrected chi connectivity index (χ4v) is 2.17. The molecule has 2 rings (SSSR count). The van der Waals surface area contributed by atoms with Crippen LogP contribution in [0.4, 0.5) is 5.95 Å². The molecule has 6 nitrogen and oxygen atoms in total. The molecule has 0 spiro atoms. The molecular formula is C13H19ClN6. The number of aryl methyl sites for hydroxylation is 1. The molecule has 108 valence electrons. The third kappa shape index (κ3) is 3.07. The molecule has 7 heteroatoms. The Hall–Kier alpha value is -1.69. The largest absolute Gasteiger partial charge is 0.341 e. The van der Waals surface area contributed by atoms with Crippen molar-refractivity contribution in [2.45, 2.75) is 33.7 Å². The lowest BCUT2D eigenvalue weighted by Crippen LogP contribution is -2.24. The second-order valence-corrected chi connectivity index (χ2v) is 4.68. The van der Waals surface area contributed by atoms with Crippen LogP contribution in [-0.2, 0) is 6.54 Å². The lowest BCUT2D eigenvalue weighted by molar-refractivity contribution is 0.606. The minimum absolute atomic E-state index is 0.209. The van der Waals surface area contributed by atoms with E-state index in [0.29, 0.717) is 11.8 Å². The summed E-state index contributed by atoms with van der Waals surface area (Å²) in [6, 6.07) is 1.90. The van der Waals surface area contributed by atoms with Crippen LogP contribution in [0.25, 0.3) is 11.5 Å². The van der Waals surface area contributed by atoms with Gasteiger partial charge in [0.05, 0.1) is 0 Å². The van der Waals surface area contributed by atoms with Crippen molar-refractivity contribution in [3.63, 3.8) is 0 Å². The van der Waals surface area contributed by atoms with E-state index in [2.05, 4.69) is 40.8 Å². The van der Waals surface area contributed by atoms with Crippen molar-refractivity contribution in [3.05, 3.63) is 17.5 Å². The first kappa shape index (κ1) is 14.7. The molecule has 0 aliphatic heterocycles. The predicted molar refractivity (Wildman–Crippen MR) is 79.9 cm³/mol. The van der Waals surface area contributed by atoms with E-state index in [0.717, 1.165) is 31.7 Å². The van der Waals surface area contributed by atoms with E-state index < -0.39 is 0 Å². The maximum Gasteiger partial charge on any atom is 0.230 e. The smallest absolute Gasteiger partial charge is 0.230 e. The maximum absolute atomic E-state index is 6.04. The number of halogens is 1. The van der Waals surface area contributed by atoms with Crippen molar-refractivity contribution in [2.75, 3.05) is 18.0 Å². The zero-order valence-electron chi connectivity index (χ0n) is 12.0. The molecule has 0 aromatic carbocycles. The second-order valence-electron chi connectivity index (χ2n) is 4.34. The van der Waals surface area contributed by atoms with Crippen molar-refractivity contribution in [1.82, 2.24) is 24.7 Å². The Morgan fingerprint density at radius 3 is 2.55 bits per heavy atom. The van der Waals surface area contributed by atoms with E-state index in [1.165, 1.54) is 0 Å². The first-order chi connectivity index (χ1) is 9.69. The van der Waals surface area contributed by atoms with Crippen molar-refractivity contribution in [2.24, 2.45) is 0 Å². The SMILES string of the molecule is CCCn1nccc1-c1nc(Cl)nc(N(CC)CC)n1. The molecule has 2 aromatic rings. The van der Waals surface area contributed by atoms with Crippen LogP contribution in [-0.4, -0.2) is 37.8 Å². The van der Waals surface area contributed by atoms with Crippen molar-refractivity contribution >= 4 is 17.5 Å². The van der Waals surface area contributed by atoms with Gasteiger partial charge in [-0.15, -0.1) is 0 Å². The van der Waals surface area contributed by atoms with Gasteiger partial charge in [0, 0.05) is 25.8 Å². The standard InChI is InChI=1S/C13H19ClN6/c1-4-9-20-10(7-8-15-20)11-16-12(14)18-13(17-11)19(5-2)6-3/h7-8H,4-6,9H2,1-3H3. The minimum Gasteiger partial charge on any atom is -0.341 e. The highest BCUT2D eigenvalue weighted by Crippen LogP contribution is 2.19. The molecular weight excluding hydrogens is 276 g/mol. The van der Waals surface area contributed by atoms with Gasteiger partial charge in [0.1, 0.15) is 5.69 Å². The third-order valence-electron chi connectivity index (χ3n) is 3.02. The number of hydrogen-bond donors (Lipinski definition) is 0. The van der Waals surface area contributed by atoms with Crippen LogP contribution in [0.15, 0.2) is 12.3 Å². The molecule has 0 aliphatic carbocycles. The van der Waals surface area contributed by atoms with Crippen LogP contribution in [0.1, 0.15) is 27.2 Å². The summed E-state index contributed by atoms with van der Waals surface area (Å²) in [4.78, 5) is 15.0. The van der Waals surface area contributed by atoms with Gasteiger partial charge >= 0.3 is 0 Å². The summed E-state index contributed by atoms with van der Waals surface area (Å²) in [5.74, 6) is 1.17. The van der Waals surface area contributed by atoms with Gasteiger partial charge in [-0.05, 0) is 37.9 Å². The van der Waals surface area contributed by atoms with Crippen LogP contribution < -0.4 is 4.90 Å². The first-order valence-electron chi connectivity index (χ1n) is 6.88. The zero-order valence-corrected chi connectivity index (χ0v) is 12.8. The zero-order chi connectivity index (χ0) is 14.5. The molecule has 0 N–H and O–H groups in total. The Balaban J connectivity index is 2.43. The molecule has 0 amide bonds. The average Bonchev–Trinajstić information content (AvgIpc) is 2.88. The Labute approximate surface area is 123 Å². The summed E-state index contributed by atoms with van der Waals surface area (Å²) in [5, 5.41) is 4.50. The fraction of sp³-hybridized carbons (Fsp3) is 0.538. The molecule has 2 heterocycles. The lowest BCUT2D eigenvalue weighted by atomic mass is 10.4. The highest BCUT2D eigenvalue weighted by Gasteiger charge is 2.14. The number of anilines is 1. The second kappa shape index (κ2) is 6.65. The summed E-state index contributed by atoms with van der Waals surface area (Å²) in [7, 11) is 0. The van der Waals surface area contributed by atoms with Crippen LogP contribution in [0.3, 0.4) is 0 Å². The average molecular weight is 295 g/mol. The predicted octanol–water partition coefficient (Wildman–Crippen LogP) is 2.64. The van der Waals surface area contributed by atoms with Gasteiger partial charge in [-0.1, -0.05) is 6.92 Å². The van der Waals surface area contributed by atoms with Crippen molar-refractivity contribution in [1.29, 1.82) is 0 Å².